The molecule has 0 aliphatic heterocycles. The molecule has 1 N–H and O–H groups in total. The van der Waals surface area contributed by atoms with Crippen LogP contribution < -0.4 is 0 Å². The van der Waals surface area contributed by atoms with Gasteiger partial charge in [-0.15, -0.1) is 0 Å². The Kier molecular flexibility index (Phi) is 4.25. The number of hydrogen-bond acceptors (Lipinski definition) is 1. The van der Waals surface area contributed by atoms with Crippen molar-refractivity contribution in [3.63, 3.8) is 0 Å². The molecule has 0 saturated heterocycles. The summed E-state index contributed by atoms with van der Waals surface area (Å²) in [6.45, 7) is 1.68. The summed E-state index contributed by atoms with van der Waals surface area (Å²) in [5.41, 5.74) is -0.383. The molecule has 0 fully saturated rings. The van der Waals surface area contributed by atoms with Crippen molar-refractivity contribution in [3.8, 4) is 0 Å². The number of aliphatic hydroxyl groups excluding tert-OH is 1. The van der Waals surface area contributed by atoms with Gasteiger partial charge in [0.25, 0.3) is 0 Å². The van der Waals surface area contributed by atoms with Crippen molar-refractivity contribution in [1.29, 1.82) is 0 Å². The Labute approximate surface area is 123 Å². The smallest absolute Gasteiger partial charge is 0.384 e. The first kappa shape index (κ1) is 15.8. The van der Waals surface area contributed by atoms with Gasteiger partial charge in [-0.2, -0.15) is 13.2 Å². The van der Waals surface area contributed by atoms with Gasteiger partial charge in [-0.25, -0.2) is 4.39 Å². The topological polar surface area (TPSA) is 20.2 Å². The maximum absolute atomic E-state index is 13.2. The van der Waals surface area contributed by atoms with Crippen LogP contribution in [0.3, 0.4) is 0 Å². The van der Waals surface area contributed by atoms with Crippen LogP contribution in [0.15, 0.2) is 36.4 Å². The first-order valence-corrected chi connectivity index (χ1v) is 6.38. The second-order valence-electron chi connectivity index (χ2n) is 4.64. The van der Waals surface area contributed by atoms with Crippen LogP contribution in [0.4, 0.5) is 17.6 Å². The van der Waals surface area contributed by atoms with E-state index in [4.69, 9.17) is 11.6 Å². The van der Waals surface area contributed by atoms with E-state index in [1.807, 2.05) is 0 Å². The van der Waals surface area contributed by atoms with E-state index in [-0.39, 0.29) is 5.56 Å². The number of aliphatic hydroxyl groups is 1. The molecule has 6 heteroatoms. The van der Waals surface area contributed by atoms with Gasteiger partial charge in [0.2, 0.25) is 0 Å². The zero-order valence-corrected chi connectivity index (χ0v) is 11.6. The average molecular weight is 319 g/mol. The minimum atomic E-state index is -4.81. The third kappa shape index (κ3) is 3.36. The number of hydrogen-bond donors (Lipinski definition) is 1. The maximum atomic E-state index is 13.2. The van der Waals surface area contributed by atoms with Crippen LogP contribution in [-0.2, 0) is 6.18 Å². The van der Waals surface area contributed by atoms with Crippen molar-refractivity contribution in [2.75, 3.05) is 0 Å². The molecule has 2 aromatic carbocycles. The van der Waals surface area contributed by atoms with Crippen LogP contribution in [-0.4, -0.2) is 5.11 Å². The van der Waals surface area contributed by atoms with Crippen LogP contribution >= 0.6 is 11.6 Å². The Bertz CT molecular complexity index is 667. The van der Waals surface area contributed by atoms with Crippen molar-refractivity contribution in [1.82, 2.24) is 0 Å². The summed E-state index contributed by atoms with van der Waals surface area (Å²) in [5, 5.41) is 10.7. The van der Waals surface area contributed by atoms with Gasteiger partial charge in [0.15, 0.2) is 0 Å². The molecule has 0 heterocycles. The molecule has 0 amide bonds. The van der Waals surface area contributed by atoms with Gasteiger partial charge in [-0.3, -0.25) is 0 Å². The fourth-order valence-electron chi connectivity index (χ4n) is 2.06. The molecule has 2 rings (SSSR count). The molecule has 1 unspecified atom stereocenters. The lowest BCUT2D eigenvalue weighted by atomic mass is 9.96. The van der Waals surface area contributed by atoms with Gasteiger partial charge in [-0.05, 0) is 47.9 Å². The summed E-state index contributed by atoms with van der Waals surface area (Å²) in [4.78, 5) is 0. The van der Waals surface area contributed by atoms with E-state index in [0.29, 0.717) is 28.3 Å². The normalized spacial score (nSPS) is 13.3. The summed E-state index contributed by atoms with van der Waals surface area (Å²) in [5.74, 6) is -1.37. The second-order valence-corrected chi connectivity index (χ2v) is 5.08. The predicted molar refractivity (Wildman–Crippen MR) is 71.7 cm³/mol. The van der Waals surface area contributed by atoms with Gasteiger partial charge < -0.3 is 5.11 Å². The lowest BCUT2D eigenvalue weighted by Gasteiger charge is -2.16. The Hall–Kier alpha value is -1.59. The lowest BCUT2D eigenvalue weighted by molar-refractivity contribution is -0.140. The number of alkyl halides is 3. The van der Waals surface area contributed by atoms with Crippen molar-refractivity contribution in [2.24, 2.45) is 0 Å². The van der Waals surface area contributed by atoms with E-state index in [1.54, 1.807) is 13.0 Å². The first-order chi connectivity index (χ1) is 9.70. The Balaban J connectivity index is 2.46. The highest BCUT2D eigenvalue weighted by atomic mass is 35.5. The highest BCUT2D eigenvalue weighted by Gasteiger charge is 2.34. The van der Waals surface area contributed by atoms with Gasteiger partial charge in [-0.1, -0.05) is 23.7 Å². The largest absolute Gasteiger partial charge is 0.419 e. The van der Waals surface area contributed by atoms with Crippen molar-refractivity contribution in [3.05, 3.63) is 69.5 Å². The second kappa shape index (κ2) is 5.66. The minimum absolute atomic E-state index is 0.0332. The monoisotopic (exact) mass is 318 g/mol. The molecule has 112 valence electrons. The molecule has 0 radical (unpaired) electrons. The van der Waals surface area contributed by atoms with E-state index >= 15 is 0 Å². The Morgan fingerprint density at radius 2 is 1.76 bits per heavy atom. The molecule has 21 heavy (non-hydrogen) atoms. The fourth-order valence-corrected chi connectivity index (χ4v) is 2.28. The van der Waals surface area contributed by atoms with Crippen molar-refractivity contribution >= 4 is 11.6 Å². The van der Waals surface area contributed by atoms with Crippen LogP contribution in [0.5, 0.6) is 0 Å². The number of aryl methyl sites for hydroxylation is 1. The van der Waals surface area contributed by atoms with E-state index in [0.717, 1.165) is 6.07 Å². The standard InChI is InChI=1S/C15H11ClF4O/c1-8-6-10(16)3-4-11(8)14(21)9-2-5-13(17)12(7-9)15(18,19)20/h2-7,14,21H,1H3. The lowest BCUT2D eigenvalue weighted by Crippen LogP contribution is -2.10. The van der Waals surface area contributed by atoms with Crippen molar-refractivity contribution in [2.45, 2.75) is 19.2 Å². The summed E-state index contributed by atoms with van der Waals surface area (Å²) in [7, 11) is 0. The molecule has 0 bridgehead atoms. The molecule has 0 aromatic heterocycles. The number of benzene rings is 2. The van der Waals surface area contributed by atoms with Gasteiger partial charge in [0.05, 0.1) is 5.56 Å². The molecule has 1 atom stereocenters. The zero-order chi connectivity index (χ0) is 15.8. The highest BCUT2D eigenvalue weighted by Crippen LogP contribution is 2.34. The summed E-state index contributed by atoms with van der Waals surface area (Å²) in [6, 6.07) is 7.10. The highest BCUT2D eigenvalue weighted by molar-refractivity contribution is 6.30. The Morgan fingerprint density at radius 3 is 2.33 bits per heavy atom. The summed E-state index contributed by atoms with van der Waals surface area (Å²) in [6.07, 6.45) is -6.10. The molecule has 1 nitrogen and oxygen atoms in total. The zero-order valence-electron chi connectivity index (χ0n) is 10.9. The SMILES string of the molecule is Cc1cc(Cl)ccc1C(O)c1ccc(F)c(C(F)(F)F)c1. The maximum Gasteiger partial charge on any atom is 0.419 e. The van der Waals surface area contributed by atoms with E-state index < -0.39 is 23.7 Å². The molecular weight excluding hydrogens is 308 g/mol. The summed E-state index contributed by atoms with van der Waals surface area (Å²) < 4.78 is 51.3. The minimum Gasteiger partial charge on any atom is -0.384 e. The summed E-state index contributed by atoms with van der Waals surface area (Å²) >= 11 is 5.79. The van der Waals surface area contributed by atoms with Gasteiger partial charge >= 0.3 is 6.18 Å². The quantitative estimate of drug-likeness (QED) is 0.782. The molecule has 0 aliphatic carbocycles. The van der Waals surface area contributed by atoms with Crippen LogP contribution in [0.2, 0.25) is 5.02 Å². The van der Waals surface area contributed by atoms with Gasteiger partial charge in [0, 0.05) is 5.02 Å². The molecule has 0 saturated carbocycles. The molecular formula is C15H11ClF4O. The number of rotatable bonds is 2. The first-order valence-electron chi connectivity index (χ1n) is 6.01. The average Bonchev–Trinajstić information content (AvgIpc) is 2.37. The van der Waals surface area contributed by atoms with Gasteiger partial charge in [0.1, 0.15) is 11.9 Å². The predicted octanol–water partition coefficient (Wildman–Crippen LogP) is 4.89. The van der Waals surface area contributed by atoms with Crippen LogP contribution in [0.1, 0.15) is 28.4 Å². The molecule has 2 aromatic rings. The third-order valence-corrected chi connectivity index (χ3v) is 3.37. The Morgan fingerprint density at radius 1 is 1.10 bits per heavy atom. The van der Waals surface area contributed by atoms with E-state index in [2.05, 4.69) is 0 Å². The van der Waals surface area contributed by atoms with E-state index in [1.165, 1.54) is 12.1 Å². The van der Waals surface area contributed by atoms with Crippen molar-refractivity contribution < 1.29 is 22.7 Å². The fraction of sp³-hybridized carbons (Fsp3) is 0.200. The molecule has 0 aliphatic rings. The van der Waals surface area contributed by atoms with Crippen LogP contribution in [0, 0.1) is 12.7 Å². The third-order valence-electron chi connectivity index (χ3n) is 3.14. The van der Waals surface area contributed by atoms with E-state index in [9.17, 15) is 22.7 Å². The number of halogens is 5. The molecule has 0 spiro atoms. The van der Waals surface area contributed by atoms with Crippen LogP contribution in [0.25, 0.3) is 0 Å².